The van der Waals surface area contributed by atoms with Crippen LogP contribution in [0.15, 0.2) is 108 Å². The van der Waals surface area contributed by atoms with Gasteiger partial charge in [0.1, 0.15) is 5.78 Å². The second kappa shape index (κ2) is 19.7. The molecule has 52 heavy (non-hydrogen) atoms. The third kappa shape index (κ3) is 11.7. The van der Waals surface area contributed by atoms with Gasteiger partial charge in [0.05, 0.1) is 18.0 Å². The molecule has 0 amide bonds. The van der Waals surface area contributed by atoms with Crippen molar-refractivity contribution in [3.8, 4) is 0 Å². The van der Waals surface area contributed by atoms with Gasteiger partial charge in [-0.05, 0) is 90.2 Å². The minimum Gasteiger partial charge on any atom is -0.513 e. The molecular formula is C47H60O5. The standard InChI is InChI=1S/C47H60O5/c1-31(2)44-42(25-24-40(50)28-34(5)27-39(49)19-13-14-33(4)26-41(51)29-35(6)48)45(38-22-20-32(3)21-23-38)46(37-17-11-8-12-18-37)47(44)43(52)30-36-15-9-7-10-16-36/h7-12,15-18,20-23,31,33-34,40-42,48,50-51H,6,13-14,19,24-30H2,1-5H3/t33-,34+,40-,41-,42?/m1/s1. The number of aliphatic hydroxyl groups excluding tert-OH is 3. The van der Waals surface area contributed by atoms with E-state index in [4.69, 9.17) is 0 Å². The molecule has 0 aliphatic heterocycles. The van der Waals surface area contributed by atoms with E-state index in [0.29, 0.717) is 44.9 Å². The van der Waals surface area contributed by atoms with Crippen molar-refractivity contribution in [1.82, 2.24) is 0 Å². The SMILES string of the molecule is C=C(O)C[C@H](O)C[C@H](C)CCCC(=O)C[C@H](C)C[C@H](O)CCC1C(c2ccc(C)cc2)=C(c2ccccc2)C(C(=O)Cc2ccccc2)=C1C(C)C. The summed E-state index contributed by atoms with van der Waals surface area (Å²) >= 11 is 0. The molecule has 278 valence electrons. The molecule has 0 bridgehead atoms. The highest BCUT2D eigenvalue weighted by atomic mass is 16.3. The first kappa shape index (κ1) is 40.7. The summed E-state index contributed by atoms with van der Waals surface area (Å²) in [6.07, 6.45) is 4.23. The van der Waals surface area contributed by atoms with Crippen LogP contribution in [0.4, 0.5) is 0 Å². The zero-order valence-corrected chi connectivity index (χ0v) is 32.0. The molecular weight excluding hydrogens is 645 g/mol. The highest BCUT2D eigenvalue weighted by Crippen LogP contribution is 2.52. The van der Waals surface area contributed by atoms with Crippen LogP contribution in [-0.2, 0) is 16.0 Å². The van der Waals surface area contributed by atoms with Crippen LogP contribution in [-0.4, -0.2) is 39.1 Å². The number of allylic oxidation sites excluding steroid dienone is 4. The minimum absolute atomic E-state index is 0.00934. The van der Waals surface area contributed by atoms with Crippen LogP contribution in [0.3, 0.4) is 0 Å². The van der Waals surface area contributed by atoms with E-state index >= 15 is 0 Å². The van der Waals surface area contributed by atoms with E-state index in [-0.39, 0.29) is 47.4 Å². The van der Waals surface area contributed by atoms with Gasteiger partial charge < -0.3 is 15.3 Å². The molecule has 3 aromatic carbocycles. The first-order chi connectivity index (χ1) is 24.8. The fourth-order valence-corrected chi connectivity index (χ4v) is 8.03. The van der Waals surface area contributed by atoms with Gasteiger partial charge in [0.2, 0.25) is 0 Å². The number of benzene rings is 3. The number of rotatable bonds is 21. The molecule has 1 aliphatic carbocycles. The number of carbonyl (C=O) groups is 2. The molecule has 3 aromatic rings. The van der Waals surface area contributed by atoms with Crippen LogP contribution in [0.1, 0.15) is 108 Å². The quantitative estimate of drug-likeness (QED) is 0.0960. The number of aryl methyl sites for hydroxylation is 1. The summed E-state index contributed by atoms with van der Waals surface area (Å²) in [5, 5.41) is 30.8. The fourth-order valence-electron chi connectivity index (χ4n) is 8.03. The number of aliphatic hydroxyl groups is 3. The van der Waals surface area contributed by atoms with Crippen LogP contribution < -0.4 is 0 Å². The van der Waals surface area contributed by atoms with Crippen molar-refractivity contribution in [2.75, 3.05) is 0 Å². The Morgan fingerprint density at radius 3 is 1.98 bits per heavy atom. The Morgan fingerprint density at radius 1 is 0.750 bits per heavy atom. The molecule has 0 heterocycles. The van der Waals surface area contributed by atoms with Crippen LogP contribution in [0.2, 0.25) is 0 Å². The molecule has 5 nitrogen and oxygen atoms in total. The van der Waals surface area contributed by atoms with Crippen LogP contribution in [0.25, 0.3) is 11.1 Å². The third-order valence-electron chi connectivity index (χ3n) is 10.4. The van der Waals surface area contributed by atoms with Gasteiger partial charge in [-0.3, -0.25) is 9.59 Å². The van der Waals surface area contributed by atoms with Crippen molar-refractivity contribution in [3.63, 3.8) is 0 Å². The Kier molecular flexibility index (Phi) is 15.4. The summed E-state index contributed by atoms with van der Waals surface area (Å²) in [7, 11) is 0. The van der Waals surface area contributed by atoms with Gasteiger partial charge in [0.25, 0.3) is 0 Å². The second-order valence-electron chi connectivity index (χ2n) is 15.6. The molecule has 1 aliphatic rings. The smallest absolute Gasteiger partial charge is 0.167 e. The lowest BCUT2D eigenvalue weighted by atomic mass is 9.80. The highest BCUT2D eigenvalue weighted by Gasteiger charge is 2.39. The first-order valence-electron chi connectivity index (χ1n) is 19.3. The Hall–Kier alpha value is -4.06. The van der Waals surface area contributed by atoms with Gasteiger partial charge in [0, 0.05) is 37.2 Å². The lowest BCUT2D eigenvalue weighted by Gasteiger charge is -2.25. The summed E-state index contributed by atoms with van der Waals surface area (Å²) in [5.41, 5.74) is 8.44. The van der Waals surface area contributed by atoms with E-state index in [1.807, 2.05) is 55.5 Å². The zero-order valence-electron chi connectivity index (χ0n) is 32.0. The van der Waals surface area contributed by atoms with Gasteiger partial charge in [-0.25, -0.2) is 0 Å². The van der Waals surface area contributed by atoms with Crippen molar-refractivity contribution in [2.24, 2.45) is 23.7 Å². The predicted octanol–water partition coefficient (Wildman–Crippen LogP) is 10.4. The van der Waals surface area contributed by atoms with E-state index < -0.39 is 12.2 Å². The van der Waals surface area contributed by atoms with Gasteiger partial charge in [-0.1, -0.05) is 131 Å². The lowest BCUT2D eigenvalue weighted by molar-refractivity contribution is -0.120. The molecule has 0 aromatic heterocycles. The fraction of sp³-hybridized carbons (Fsp3) is 0.447. The number of carbonyl (C=O) groups excluding carboxylic acids is 2. The minimum atomic E-state index is -0.615. The van der Waals surface area contributed by atoms with E-state index in [2.05, 4.69) is 70.7 Å². The molecule has 0 saturated carbocycles. The Morgan fingerprint density at radius 2 is 1.37 bits per heavy atom. The average Bonchev–Trinajstić information content (AvgIpc) is 3.43. The molecule has 5 heteroatoms. The molecule has 3 N–H and O–H groups in total. The summed E-state index contributed by atoms with van der Waals surface area (Å²) < 4.78 is 0. The van der Waals surface area contributed by atoms with Crippen molar-refractivity contribution in [3.05, 3.63) is 131 Å². The van der Waals surface area contributed by atoms with Crippen molar-refractivity contribution in [1.29, 1.82) is 0 Å². The van der Waals surface area contributed by atoms with Gasteiger partial charge in [0.15, 0.2) is 5.78 Å². The summed E-state index contributed by atoms with van der Waals surface area (Å²) in [6, 6.07) is 28.8. The van der Waals surface area contributed by atoms with Gasteiger partial charge >= 0.3 is 0 Å². The maximum absolute atomic E-state index is 14.5. The van der Waals surface area contributed by atoms with Gasteiger partial charge in [-0.2, -0.15) is 0 Å². The van der Waals surface area contributed by atoms with Gasteiger partial charge in [-0.15, -0.1) is 0 Å². The maximum Gasteiger partial charge on any atom is 0.167 e. The maximum atomic E-state index is 14.5. The second-order valence-corrected chi connectivity index (χ2v) is 15.6. The Bertz CT molecular complexity index is 1680. The molecule has 5 atom stereocenters. The van der Waals surface area contributed by atoms with Crippen molar-refractivity contribution >= 4 is 22.7 Å². The zero-order chi connectivity index (χ0) is 37.8. The third-order valence-corrected chi connectivity index (χ3v) is 10.4. The lowest BCUT2D eigenvalue weighted by Crippen LogP contribution is -2.18. The summed E-state index contributed by atoms with van der Waals surface area (Å²) in [4.78, 5) is 27.4. The van der Waals surface area contributed by atoms with E-state index in [0.717, 1.165) is 51.8 Å². The molecule has 4 rings (SSSR count). The number of hydrogen-bond acceptors (Lipinski definition) is 5. The van der Waals surface area contributed by atoms with Crippen LogP contribution in [0, 0.1) is 30.6 Å². The highest BCUT2D eigenvalue weighted by molar-refractivity contribution is 6.20. The van der Waals surface area contributed by atoms with E-state index in [9.17, 15) is 24.9 Å². The van der Waals surface area contributed by atoms with Crippen molar-refractivity contribution < 1.29 is 24.9 Å². The van der Waals surface area contributed by atoms with Crippen LogP contribution >= 0.6 is 0 Å². The Labute approximate surface area is 312 Å². The van der Waals surface area contributed by atoms with Crippen molar-refractivity contribution in [2.45, 2.75) is 111 Å². The number of ketones is 2. The monoisotopic (exact) mass is 704 g/mol. The number of Topliss-reactive ketones (excluding diaryl/α,β-unsaturated/α-hetero) is 2. The van der Waals surface area contributed by atoms with E-state index in [1.54, 1.807) is 0 Å². The normalized spacial score (nSPS) is 17.0. The summed E-state index contributed by atoms with van der Waals surface area (Å²) in [5.74, 6) is 0.703. The summed E-state index contributed by atoms with van der Waals surface area (Å²) in [6.45, 7) is 14.0. The molecule has 1 unspecified atom stereocenters. The predicted molar refractivity (Wildman–Crippen MR) is 214 cm³/mol. The Balaban J connectivity index is 1.51. The molecule has 0 spiro atoms. The first-order valence-corrected chi connectivity index (χ1v) is 19.3. The van der Waals surface area contributed by atoms with E-state index in [1.165, 1.54) is 5.56 Å². The van der Waals surface area contributed by atoms with Crippen LogP contribution in [0.5, 0.6) is 0 Å². The average molecular weight is 705 g/mol. The molecule has 0 saturated heterocycles. The largest absolute Gasteiger partial charge is 0.513 e. The topological polar surface area (TPSA) is 94.8 Å². The molecule has 0 fully saturated rings. The number of hydrogen-bond donors (Lipinski definition) is 3. The molecule has 0 radical (unpaired) electrons.